The van der Waals surface area contributed by atoms with Gasteiger partial charge in [-0.3, -0.25) is 4.98 Å². The number of hydrogen-bond acceptors (Lipinski definition) is 4. The number of halogens is 2. The summed E-state index contributed by atoms with van der Waals surface area (Å²) in [7, 11) is 0. The minimum absolute atomic E-state index is 0.468. The molecule has 1 aliphatic heterocycles. The Morgan fingerprint density at radius 1 is 1.28 bits per heavy atom. The average molecular weight is 538 g/mol. The Balaban J connectivity index is 1.79. The Morgan fingerprint density at radius 2 is 2.10 bits per heavy atom. The molecule has 0 saturated carbocycles. The molecule has 4 nitrogen and oxygen atoms in total. The van der Waals surface area contributed by atoms with E-state index < -0.39 is 0 Å². The molecular formula is C22H21ClIN3OS. The minimum Gasteiger partial charge on any atom is -0.381 e. The molecule has 0 spiro atoms. The average Bonchev–Trinajstić information content (AvgIpc) is 3.15. The molecule has 1 aliphatic rings. The fraction of sp³-hybridized carbons (Fsp3) is 0.273. The standard InChI is InChI=1S/C22H21ClIN3OS/c1-29-19-6-5-15(13-17(19)23)16(12-14-7-10-28-11-8-14)20-21(24)27-22(26-20)18-4-2-3-9-25-18/h2-6,9,12-14H,7-8,10-11H2,1H3,(H,26,27). The Bertz CT molecular complexity index is 1020. The highest BCUT2D eigenvalue weighted by molar-refractivity contribution is 14.1. The molecule has 3 heterocycles. The van der Waals surface area contributed by atoms with Gasteiger partial charge in [0, 0.05) is 29.9 Å². The van der Waals surface area contributed by atoms with Crippen LogP contribution < -0.4 is 0 Å². The second kappa shape index (κ2) is 9.64. The van der Waals surface area contributed by atoms with Crippen LogP contribution in [0.2, 0.25) is 5.02 Å². The first-order valence-electron chi connectivity index (χ1n) is 9.46. The summed E-state index contributed by atoms with van der Waals surface area (Å²) in [5.41, 5.74) is 4.06. The van der Waals surface area contributed by atoms with Crippen molar-refractivity contribution < 1.29 is 4.74 Å². The van der Waals surface area contributed by atoms with Gasteiger partial charge in [-0.1, -0.05) is 29.8 Å². The van der Waals surface area contributed by atoms with Crippen LogP contribution in [0.15, 0.2) is 53.6 Å². The van der Waals surface area contributed by atoms with Gasteiger partial charge in [0.05, 0.1) is 10.7 Å². The van der Waals surface area contributed by atoms with Crippen molar-refractivity contribution in [2.24, 2.45) is 5.92 Å². The number of nitrogens with one attached hydrogen (secondary N) is 1. The number of allylic oxidation sites excluding steroid dienone is 1. The molecule has 0 bridgehead atoms. The number of hydrogen-bond donors (Lipinski definition) is 1. The van der Waals surface area contributed by atoms with E-state index in [9.17, 15) is 0 Å². The molecule has 29 heavy (non-hydrogen) atoms. The molecule has 0 unspecified atom stereocenters. The molecule has 1 aromatic carbocycles. The van der Waals surface area contributed by atoms with Crippen LogP contribution in [-0.4, -0.2) is 34.4 Å². The zero-order chi connectivity index (χ0) is 20.2. The first-order chi connectivity index (χ1) is 14.2. The third-order valence-electron chi connectivity index (χ3n) is 4.97. The predicted molar refractivity (Wildman–Crippen MR) is 128 cm³/mol. The van der Waals surface area contributed by atoms with Crippen LogP contribution in [0, 0.1) is 9.62 Å². The van der Waals surface area contributed by atoms with Crippen molar-refractivity contribution in [3.05, 3.63) is 68.7 Å². The Kier molecular flexibility index (Phi) is 6.95. The van der Waals surface area contributed by atoms with Crippen LogP contribution in [0.5, 0.6) is 0 Å². The van der Waals surface area contributed by atoms with Gasteiger partial charge in [0.25, 0.3) is 0 Å². The number of imidazole rings is 1. The van der Waals surface area contributed by atoms with E-state index in [0.717, 1.165) is 68.0 Å². The Hall–Kier alpha value is -1.35. The highest BCUT2D eigenvalue weighted by Crippen LogP contribution is 2.35. The number of rotatable bonds is 5. The lowest BCUT2D eigenvalue weighted by molar-refractivity contribution is 0.0786. The highest BCUT2D eigenvalue weighted by Gasteiger charge is 2.20. The van der Waals surface area contributed by atoms with Crippen LogP contribution in [0.25, 0.3) is 17.1 Å². The van der Waals surface area contributed by atoms with E-state index in [-0.39, 0.29) is 0 Å². The summed E-state index contributed by atoms with van der Waals surface area (Å²) >= 11 is 10.5. The lowest BCUT2D eigenvalue weighted by Gasteiger charge is -2.20. The second-order valence-electron chi connectivity index (χ2n) is 6.85. The molecule has 4 rings (SSSR count). The predicted octanol–water partition coefficient (Wildman–Crippen LogP) is 6.31. The number of H-pyrrole nitrogens is 1. The normalized spacial score (nSPS) is 15.6. The molecule has 1 fully saturated rings. The maximum atomic E-state index is 6.54. The summed E-state index contributed by atoms with van der Waals surface area (Å²) in [6.07, 6.45) is 8.22. The number of nitrogens with zero attached hydrogens (tertiary/aromatic N) is 2. The number of thioether (sulfide) groups is 1. The quantitative estimate of drug-likeness (QED) is 0.306. The molecular weight excluding hydrogens is 517 g/mol. The zero-order valence-electron chi connectivity index (χ0n) is 16.0. The SMILES string of the molecule is CSc1ccc(C(=CC2CCOCC2)c2[nH]c(-c3ccccn3)nc2I)cc1Cl. The summed E-state index contributed by atoms with van der Waals surface area (Å²) < 4.78 is 6.47. The summed E-state index contributed by atoms with van der Waals surface area (Å²) in [6, 6.07) is 12.1. The van der Waals surface area contributed by atoms with Gasteiger partial charge in [-0.15, -0.1) is 11.8 Å². The lowest BCUT2D eigenvalue weighted by atomic mass is 9.93. The zero-order valence-corrected chi connectivity index (χ0v) is 19.7. The van der Waals surface area contributed by atoms with E-state index in [2.05, 4.69) is 56.8 Å². The third-order valence-corrected chi connectivity index (χ3v) is 6.97. The molecule has 0 amide bonds. The van der Waals surface area contributed by atoms with Crippen molar-refractivity contribution in [1.82, 2.24) is 15.0 Å². The number of aromatic amines is 1. The topological polar surface area (TPSA) is 50.8 Å². The minimum atomic E-state index is 0.468. The maximum Gasteiger partial charge on any atom is 0.157 e. The maximum absolute atomic E-state index is 6.54. The first kappa shape index (κ1) is 20.9. The van der Waals surface area contributed by atoms with Gasteiger partial charge in [0.2, 0.25) is 0 Å². The highest BCUT2D eigenvalue weighted by atomic mass is 127. The molecule has 0 aliphatic carbocycles. The van der Waals surface area contributed by atoms with Gasteiger partial charge in [-0.2, -0.15) is 0 Å². The van der Waals surface area contributed by atoms with Crippen LogP contribution in [0.4, 0.5) is 0 Å². The van der Waals surface area contributed by atoms with Crippen molar-refractivity contribution in [2.75, 3.05) is 19.5 Å². The van der Waals surface area contributed by atoms with Crippen LogP contribution in [-0.2, 0) is 4.74 Å². The fourth-order valence-corrected chi connectivity index (χ4v) is 4.97. The van der Waals surface area contributed by atoms with Gasteiger partial charge < -0.3 is 9.72 Å². The fourth-order valence-electron chi connectivity index (χ4n) is 3.43. The molecule has 7 heteroatoms. The number of ether oxygens (including phenoxy) is 1. The van der Waals surface area contributed by atoms with Gasteiger partial charge in [0.1, 0.15) is 9.39 Å². The summed E-state index contributed by atoms with van der Waals surface area (Å²) in [5.74, 6) is 1.24. The molecule has 1 N–H and O–H groups in total. The molecule has 1 saturated heterocycles. The largest absolute Gasteiger partial charge is 0.381 e. The van der Waals surface area contributed by atoms with Crippen LogP contribution in [0.3, 0.4) is 0 Å². The van der Waals surface area contributed by atoms with Crippen molar-refractivity contribution >= 4 is 51.5 Å². The van der Waals surface area contributed by atoms with E-state index >= 15 is 0 Å². The molecule has 150 valence electrons. The summed E-state index contributed by atoms with van der Waals surface area (Å²) in [6.45, 7) is 1.61. The molecule has 0 radical (unpaired) electrons. The van der Waals surface area contributed by atoms with E-state index in [1.54, 1.807) is 18.0 Å². The van der Waals surface area contributed by atoms with Crippen LogP contribution >= 0.6 is 46.0 Å². The summed E-state index contributed by atoms with van der Waals surface area (Å²) in [5, 5.41) is 0.771. The molecule has 2 aromatic heterocycles. The molecule has 0 atom stereocenters. The van der Waals surface area contributed by atoms with Gasteiger partial charge in [-0.25, -0.2) is 4.98 Å². The number of benzene rings is 1. The van der Waals surface area contributed by atoms with Crippen molar-refractivity contribution in [3.8, 4) is 11.5 Å². The smallest absolute Gasteiger partial charge is 0.157 e. The lowest BCUT2D eigenvalue weighted by Crippen LogP contribution is -2.14. The monoisotopic (exact) mass is 537 g/mol. The van der Waals surface area contributed by atoms with E-state index in [0.29, 0.717) is 5.92 Å². The van der Waals surface area contributed by atoms with Gasteiger partial charge in [-0.05, 0) is 77.4 Å². The molecule has 3 aromatic rings. The van der Waals surface area contributed by atoms with Crippen LogP contribution in [0.1, 0.15) is 24.1 Å². The van der Waals surface area contributed by atoms with Crippen molar-refractivity contribution in [3.63, 3.8) is 0 Å². The first-order valence-corrected chi connectivity index (χ1v) is 12.1. The number of pyridine rings is 1. The van der Waals surface area contributed by atoms with Crippen molar-refractivity contribution in [2.45, 2.75) is 17.7 Å². The summed E-state index contributed by atoms with van der Waals surface area (Å²) in [4.78, 5) is 13.8. The second-order valence-corrected chi connectivity index (χ2v) is 9.12. The van der Waals surface area contributed by atoms with Gasteiger partial charge in [0.15, 0.2) is 5.82 Å². The third kappa shape index (κ3) is 4.87. The van der Waals surface area contributed by atoms with Crippen molar-refractivity contribution in [1.29, 1.82) is 0 Å². The van der Waals surface area contributed by atoms with Gasteiger partial charge >= 0.3 is 0 Å². The van der Waals surface area contributed by atoms with E-state index in [1.807, 2.05) is 24.5 Å². The number of aromatic nitrogens is 3. The van der Waals surface area contributed by atoms with E-state index in [1.165, 1.54) is 0 Å². The Morgan fingerprint density at radius 3 is 2.79 bits per heavy atom. The van der Waals surface area contributed by atoms with E-state index in [4.69, 9.17) is 21.3 Å². The Labute approximate surface area is 193 Å².